The molecule has 1 unspecified atom stereocenters. The largest absolute Gasteiger partial charge is 0.355 e. The molecule has 0 aliphatic carbocycles. The van der Waals surface area contributed by atoms with E-state index in [-0.39, 0.29) is 17.9 Å². The molecule has 31 heavy (non-hydrogen) atoms. The summed E-state index contributed by atoms with van der Waals surface area (Å²) in [5.74, 6) is 0.425. The highest BCUT2D eigenvalue weighted by Crippen LogP contribution is 2.20. The number of aromatic nitrogens is 2. The maximum atomic E-state index is 13.0. The summed E-state index contributed by atoms with van der Waals surface area (Å²) in [7, 11) is 0. The summed E-state index contributed by atoms with van der Waals surface area (Å²) in [6.07, 6.45) is 4.14. The van der Waals surface area contributed by atoms with E-state index in [1.807, 2.05) is 62.9 Å². The monoisotopic (exact) mass is 423 g/mol. The van der Waals surface area contributed by atoms with Crippen LogP contribution in [0.15, 0.2) is 36.5 Å². The Balaban J connectivity index is 1.78. The van der Waals surface area contributed by atoms with E-state index in [1.54, 1.807) is 6.20 Å². The number of amides is 2. The van der Waals surface area contributed by atoms with Gasteiger partial charge in [-0.05, 0) is 25.3 Å². The van der Waals surface area contributed by atoms with Gasteiger partial charge in [0.25, 0.3) is 5.91 Å². The number of likely N-dealkylation sites (tertiary alicyclic amines) is 1. The van der Waals surface area contributed by atoms with Crippen molar-refractivity contribution < 1.29 is 9.59 Å². The van der Waals surface area contributed by atoms with Crippen molar-refractivity contribution in [2.45, 2.75) is 53.0 Å². The topological polar surface area (TPSA) is 87.2 Å². The molecule has 0 radical (unpaired) electrons. The van der Waals surface area contributed by atoms with Crippen molar-refractivity contribution in [3.05, 3.63) is 53.3 Å². The number of hydrogen-bond acceptors (Lipinski definition) is 5. The van der Waals surface area contributed by atoms with E-state index < -0.39 is 5.41 Å². The van der Waals surface area contributed by atoms with Crippen molar-refractivity contribution >= 4 is 17.8 Å². The minimum absolute atomic E-state index is 0.0229. The molecule has 1 aliphatic rings. The zero-order valence-corrected chi connectivity index (χ0v) is 18.9. The number of rotatable bonds is 7. The summed E-state index contributed by atoms with van der Waals surface area (Å²) < 4.78 is 0. The van der Waals surface area contributed by atoms with Gasteiger partial charge in [-0.1, -0.05) is 51.1 Å². The molecule has 1 atom stereocenters. The van der Waals surface area contributed by atoms with E-state index >= 15 is 0 Å². The van der Waals surface area contributed by atoms with Crippen molar-refractivity contribution in [3.8, 4) is 0 Å². The van der Waals surface area contributed by atoms with Gasteiger partial charge in [0.15, 0.2) is 0 Å². The number of hydrogen-bond donors (Lipinski definition) is 2. The van der Waals surface area contributed by atoms with Crippen molar-refractivity contribution in [2.75, 3.05) is 25.0 Å². The quantitative estimate of drug-likeness (QED) is 0.711. The molecule has 0 bridgehead atoms. The second-order valence-corrected chi connectivity index (χ2v) is 9.09. The summed E-state index contributed by atoms with van der Waals surface area (Å²) in [5.41, 5.74) is 1.84. The first-order valence-corrected chi connectivity index (χ1v) is 11.0. The highest BCUT2D eigenvalue weighted by molar-refractivity contribution is 5.95. The second kappa shape index (κ2) is 9.90. The molecule has 1 fully saturated rings. The van der Waals surface area contributed by atoms with Crippen LogP contribution in [0.5, 0.6) is 0 Å². The minimum Gasteiger partial charge on any atom is -0.355 e. The van der Waals surface area contributed by atoms with Crippen LogP contribution in [0.25, 0.3) is 0 Å². The van der Waals surface area contributed by atoms with Crippen LogP contribution in [0.4, 0.5) is 5.95 Å². The number of carbonyl (C=O) groups excluding carboxylic acids is 2. The number of nitrogens with one attached hydrogen (secondary N) is 2. The summed E-state index contributed by atoms with van der Waals surface area (Å²) in [6, 6.07) is 10.1. The van der Waals surface area contributed by atoms with Crippen LogP contribution >= 0.6 is 0 Å². The third-order valence-corrected chi connectivity index (χ3v) is 5.47. The smallest absolute Gasteiger partial charge is 0.257 e. The molecular formula is C24H33N5O2. The van der Waals surface area contributed by atoms with Gasteiger partial charge in [0.1, 0.15) is 0 Å². The third kappa shape index (κ3) is 6.03. The number of benzene rings is 1. The zero-order valence-electron chi connectivity index (χ0n) is 18.9. The van der Waals surface area contributed by atoms with Crippen LogP contribution in [0.1, 0.15) is 68.2 Å². The molecule has 3 rings (SSSR count). The van der Waals surface area contributed by atoms with E-state index in [4.69, 9.17) is 0 Å². The molecule has 0 spiro atoms. The standard InChI is InChI=1S/C24H33N5O2/c1-17(18-10-6-5-7-11-18)27-23-26-16-19(21(30)29-14-8-9-15-29)20(28-23)12-13-25-22(31)24(2,3)4/h5-7,10-11,16-17H,8-9,12-15H2,1-4H3,(H,25,31)(H,26,27,28). The first-order valence-electron chi connectivity index (χ1n) is 11.0. The van der Waals surface area contributed by atoms with Gasteiger partial charge >= 0.3 is 0 Å². The molecule has 166 valence electrons. The fourth-order valence-corrected chi connectivity index (χ4v) is 3.52. The van der Waals surface area contributed by atoms with Crippen LogP contribution in [0, 0.1) is 5.41 Å². The minimum atomic E-state index is -0.461. The van der Waals surface area contributed by atoms with Gasteiger partial charge in [-0.15, -0.1) is 0 Å². The Morgan fingerprint density at radius 2 is 1.81 bits per heavy atom. The lowest BCUT2D eigenvalue weighted by atomic mass is 9.95. The normalized spacial score (nSPS) is 14.9. The summed E-state index contributed by atoms with van der Waals surface area (Å²) in [4.78, 5) is 36.2. The van der Waals surface area contributed by atoms with Crippen LogP contribution < -0.4 is 10.6 Å². The van der Waals surface area contributed by atoms with Crippen molar-refractivity contribution in [3.63, 3.8) is 0 Å². The SMILES string of the molecule is CC(Nc1ncc(C(=O)N2CCCC2)c(CCNC(=O)C(C)(C)C)n1)c1ccccc1. The molecule has 1 aromatic carbocycles. The second-order valence-electron chi connectivity index (χ2n) is 9.09. The Hall–Kier alpha value is -2.96. The number of anilines is 1. The third-order valence-electron chi connectivity index (χ3n) is 5.47. The average molecular weight is 424 g/mol. The van der Waals surface area contributed by atoms with E-state index in [0.29, 0.717) is 30.2 Å². The van der Waals surface area contributed by atoms with Crippen molar-refractivity contribution in [2.24, 2.45) is 5.41 Å². The van der Waals surface area contributed by atoms with Gasteiger partial charge in [-0.25, -0.2) is 9.97 Å². The number of nitrogens with zero attached hydrogens (tertiary/aromatic N) is 3. The fraction of sp³-hybridized carbons (Fsp3) is 0.500. The Labute approximate surface area is 184 Å². The predicted octanol–water partition coefficient (Wildman–Crippen LogP) is 3.59. The van der Waals surface area contributed by atoms with Gasteiger partial charge < -0.3 is 15.5 Å². The van der Waals surface area contributed by atoms with Crippen molar-refractivity contribution in [1.29, 1.82) is 0 Å². The lowest BCUT2D eigenvalue weighted by Gasteiger charge is -2.20. The lowest BCUT2D eigenvalue weighted by molar-refractivity contribution is -0.128. The molecule has 7 heteroatoms. The Morgan fingerprint density at radius 1 is 1.13 bits per heavy atom. The molecule has 2 N–H and O–H groups in total. The van der Waals surface area contributed by atoms with Crippen LogP contribution in [-0.2, 0) is 11.2 Å². The fourth-order valence-electron chi connectivity index (χ4n) is 3.52. The lowest BCUT2D eigenvalue weighted by Crippen LogP contribution is -2.36. The molecule has 2 amide bonds. The van der Waals surface area contributed by atoms with Crippen LogP contribution in [0.3, 0.4) is 0 Å². The van der Waals surface area contributed by atoms with Crippen LogP contribution in [0.2, 0.25) is 0 Å². The van der Waals surface area contributed by atoms with Crippen molar-refractivity contribution in [1.82, 2.24) is 20.2 Å². The molecule has 1 saturated heterocycles. The molecule has 2 aromatic rings. The summed E-state index contributed by atoms with van der Waals surface area (Å²) in [5, 5.41) is 6.27. The van der Waals surface area contributed by atoms with E-state index in [1.165, 1.54) is 0 Å². The average Bonchev–Trinajstić information content (AvgIpc) is 3.28. The molecule has 1 aliphatic heterocycles. The van der Waals surface area contributed by atoms with Gasteiger partial charge in [-0.2, -0.15) is 0 Å². The zero-order chi connectivity index (χ0) is 22.4. The van der Waals surface area contributed by atoms with E-state index in [0.717, 1.165) is 31.5 Å². The van der Waals surface area contributed by atoms with Gasteiger partial charge in [0, 0.05) is 37.7 Å². The van der Waals surface area contributed by atoms with Gasteiger partial charge in [0.05, 0.1) is 17.3 Å². The number of carbonyl (C=O) groups is 2. The summed E-state index contributed by atoms with van der Waals surface area (Å²) >= 11 is 0. The Kier molecular flexibility index (Phi) is 7.25. The molecule has 0 saturated carbocycles. The van der Waals surface area contributed by atoms with Crippen LogP contribution in [-0.4, -0.2) is 46.3 Å². The highest BCUT2D eigenvalue weighted by Gasteiger charge is 2.24. The first-order chi connectivity index (χ1) is 14.8. The molecule has 7 nitrogen and oxygen atoms in total. The predicted molar refractivity (Wildman–Crippen MR) is 122 cm³/mol. The van der Waals surface area contributed by atoms with E-state index in [9.17, 15) is 9.59 Å². The van der Waals surface area contributed by atoms with E-state index in [2.05, 4.69) is 20.6 Å². The Morgan fingerprint density at radius 3 is 2.45 bits per heavy atom. The van der Waals surface area contributed by atoms with Gasteiger partial charge in [-0.3, -0.25) is 9.59 Å². The maximum Gasteiger partial charge on any atom is 0.257 e. The van der Waals surface area contributed by atoms with Gasteiger partial charge in [0.2, 0.25) is 11.9 Å². The Bertz CT molecular complexity index is 902. The first kappa shape index (κ1) is 22.7. The molecule has 2 heterocycles. The maximum absolute atomic E-state index is 13.0. The molecule has 1 aromatic heterocycles. The molecular weight excluding hydrogens is 390 g/mol. The summed E-state index contributed by atoms with van der Waals surface area (Å²) in [6.45, 7) is 9.63. The highest BCUT2D eigenvalue weighted by atomic mass is 16.2.